The average molecular weight is 419 g/mol. The number of piperidine rings is 1. The van der Waals surface area contributed by atoms with E-state index >= 15 is 0 Å². The van der Waals surface area contributed by atoms with Gasteiger partial charge >= 0.3 is 6.03 Å². The lowest BCUT2D eigenvalue weighted by Gasteiger charge is -2.31. The molecular formula is C21H26N2O5S. The smallest absolute Gasteiger partial charge is 0.321 e. The molecule has 1 fully saturated rings. The number of methoxy groups -OCH3 is 1. The highest BCUT2D eigenvalue weighted by atomic mass is 32.2. The maximum atomic E-state index is 12.9. The van der Waals surface area contributed by atoms with E-state index in [2.05, 4.69) is 5.32 Å². The van der Waals surface area contributed by atoms with Crippen molar-refractivity contribution < 1.29 is 22.7 Å². The Kier molecular flexibility index (Phi) is 6.64. The highest BCUT2D eigenvalue weighted by Gasteiger charge is 2.32. The van der Waals surface area contributed by atoms with Crippen molar-refractivity contribution in [1.82, 2.24) is 4.90 Å². The third-order valence-electron chi connectivity index (χ3n) is 4.97. The van der Waals surface area contributed by atoms with Crippen molar-refractivity contribution in [2.45, 2.75) is 29.9 Å². The van der Waals surface area contributed by atoms with Crippen LogP contribution in [0.2, 0.25) is 0 Å². The van der Waals surface area contributed by atoms with Gasteiger partial charge in [0.2, 0.25) is 0 Å². The summed E-state index contributed by atoms with van der Waals surface area (Å²) in [4.78, 5) is 14.4. The van der Waals surface area contributed by atoms with Crippen LogP contribution in [0.5, 0.6) is 11.5 Å². The monoisotopic (exact) mass is 418 g/mol. The summed E-state index contributed by atoms with van der Waals surface area (Å²) in [5.74, 6) is 1.36. The summed E-state index contributed by atoms with van der Waals surface area (Å²) in [5.41, 5.74) is 0.673. The van der Waals surface area contributed by atoms with E-state index in [0.717, 1.165) is 5.75 Å². The molecule has 1 aliphatic rings. The Morgan fingerprint density at radius 1 is 1.03 bits per heavy atom. The van der Waals surface area contributed by atoms with E-state index in [0.29, 0.717) is 44.0 Å². The van der Waals surface area contributed by atoms with Crippen LogP contribution in [0.4, 0.5) is 10.5 Å². The summed E-state index contributed by atoms with van der Waals surface area (Å²) in [6, 6.07) is 13.4. The van der Waals surface area contributed by atoms with Gasteiger partial charge in [-0.1, -0.05) is 0 Å². The molecule has 2 amide bonds. The van der Waals surface area contributed by atoms with Crippen LogP contribution in [0.1, 0.15) is 19.8 Å². The van der Waals surface area contributed by atoms with Crippen LogP contribution >= 0.6 is 0 Å². The number of nitrogens with one attached hydrogen (secondary N) is 1. The lowest BCUT2D eigenvalue weighted by Crippen LogP contribution is -2.44. The Bertz CT molecular complexity index is 919. The number of amides is 2. The summed E-state index contributed by atoms with van der Waals surface area (Å²) in [6.07, 6.45) is 0.816. The third kappa shape index (κ3) is 5.00. The topological polar surface area (TPSA) is 84.9 Å². The van der Waals surface area contributed by atoms with Crippen LogP contribution in [-0.4, -0.2) is 51.4 Å². The molecule has 0 radical (unpaired) electrons. The largest absolute Gasteiger partial charge is 0.497 e. The number of anilines is 1. The molecule has 29 heavy (non-hydrogen) atoms. The minimum atomic E-state index is -3.43. The predicted molar refractivity (Wildman–Crippen MR) is 111 cm³/mol. The van der Waals surface area contributed by atoms with Gasteiger partial charge in [0.15, 0.2) is 9.84 Å². The molecule has 1 saturated heterocycles. The molecule has 2 aromatic carbocycles. The standard InChI is InChI=1S/C21H26N2O5S/c1-3-28-18-6-4-16(5-7-18)22-21(24)23-14-12-20(13-15-23)29(25,26)19-10-8-17(27-2)9-11-19/h4-11,20H,3,12-15H2,1-2H3,(H,22,24). The number of ether oxygens (including phenoxy) is 2. The maximum Gasteiger partial charge on any atom is 0.321 e. The quantitative estimate of drug-likeness (QED) is 0.775. The molecule has 156 valence electrons. The molecule has 3 rings (SSSR count). The normalized spacial score (nSPS) is 15.0. The van der Waals surface area contributed by atoms with Gasteiger partial charge in [0.25, 0.3) is 0 Å². The van der Waals surface area contributed by atoms with Gasteiger partial charge in [0.05, 0.1) is 23.9 Å². The molecule has 8 heteroatoms. The molecule has 0 aromatic heterocycles. The van der Waals surface area contributed by atoms with Crippen LogP contribution in [0.25, 0.3) is 0 Å². The number of urea groups is 1. The molecule has 7 nitrogen and oxygen atoms in total. The Morgan fingerprint density at radius 2 is 1.62 bits per heavy atom. The van der Waals surface area contributed by atoms with Crippen LogP contribution < -0.4 is 14.8 Å². The second kappa shape index (κ2) is 9.17. The first-order valence-electron chi connectivity index (χ1n) is 9.60. The zero-order valence-corrected chi connectivity index (χ0v) is 17.4. The molecule has 0 spiro atoms. The number of carbonyl (C=O) groups excluding carboxylic acids is 1. The van der Waals surface area contributed by atoms with Gasteiger partial charge in [-0.25, -0.2) is 13.2 Å². The van der Waals surface area contributed by atoms with Gasteiger partial charge < -0.3 is 19.7 Å². The van der Waals surface area contributed by atoms with Crippen molar-refractivity contribution in [2.24, 2.45) is 0 Å². The minimum absolute atomic E-state index is 0.227. The number of carbonyl (C=O) groups is 1. The second-order valence-electron chi connectivity index (χ2n) is 6.79. The van der Waals surface area contributed by atoms with Gasteiger partial charge in [-0.3, -0.25) is 0 Å². The number of nitrogens with zero attached hydrogens (tertiary/aromatic N) is 1. The predicted octanol–water partition coefficient (Wildman–Crippen LogP) is 3.56. The highest BCUT2D eigenvalue weighted by molar-refractivity contribution is 7.92. The first-order valence-corrected chi connectivity index (χ1v) is 11.2. The number of benzene rings is 2. The number of hydrogen-bond acceptors (Lipinski definition) is 5. The zero-order chi connectivity index (χ0) is 20.9. The van der Waals surface area contributed by atoms with Crippen molar-refractivity contribution in [3.8, 4) is 11.5 Å². The Labute approximate surface area is 171 Å². The molecule has 1 heterocycles. The fraction of sp³-hybridized carbons (Fsp3) is 0.381. The molecule has 0 saturated carbocycles. The summed E-state index contributed by atoms with van der Waals surface area (Å²) in [5, 5.41) is 2.35. The van der Waals surface area contributed by atoms with Crippen molar-refractivity contribution in [2.75, 3.05) is 32.1 Å². The lowest BCUT2D eigenvalue weighted by atomic mass is 10.1. The van der Waals surface area contributed by atoms with Crippen molar-refractivity contribution in [1.29, 1.82) is 0 Å². The van der Waals surface area contributed by atoms with E-state index in [1.807, 2.05) is 6.92 Å². The Hall–Kier alpha value is -2.74. The summed E-state index contributed by atoms with van der Waals surface area (Å²) < 4.78 is 36.2. The van der Waals surface area contributed by atoms with E-state index in [4.69, 9.17) is 9.47 Å². The molecule has 1 N–H and O–H groups in total. The van der Waals surface area contributed by atoms with Gasteiger partial charge in [0, 0.05) is 18.8 Å². The van der Waals surface area contributed by atoms with Crippen molar-refractivity contribution >= 4 is 21.6 Å². The lowest BCUT2D eigenvalue weighted by molar-refractivity contribution is 0.200. The van der Waals surface area contributed by atoms with Crippen LogP contribution in [0, 0.1) is 0 Å². The molecule has 0 bridgehead atoms. The average Bonchev–Trinajstić information content (AvgIpc) is 2.75. The fourth-order valence-electron chi connectivity index (χ4n) is 3.33. The molecule has 0 unspecified atom stereocenters. The minimum Gasteiger partial charge on any atom is -0.497 e. The van der Waals surface area contributed by atoms with Crippen LogP contribution in [0.15, 0.2) is 53.4 Å². The van der Waals surface area contributed by atoms with Crippen molar-refractivity contribution in [3.63, 3.8) is 0 Å². The van der Waals surface area contributed by atoms with Gasteiger partial charge in [-0.15, -0.1) is 0 Å². The number of hydrogen-bond donors (Lipinski definition) is 1. The molecule has 2 aromatic rings. The summed E-state index contributed by atoms with van der Waals surface area (Å²) in [6.45, 7) is 3.28. The zero-order valence-electron chi connectivity index (χ0n) is 16.6. The number of sulfone groups is 1. The number of rotatable bonds is 6. The van der Waals surface area contributed by atoms with Crippen molar-refractivity contribution in [3.05, 3.63) is 48.5 Å². The number of likely N-dealkylation sites (tertiary alicyclic amines) is 1. The summed E-state index contributed by atoms with van der Waals surface area (Å²) in [7, 11) is -1.89. The Balaban J connectivity index is 1.56. The molecule has 0 atom stereocenters. The first kappa shape index (κ1) is 21.0. The molecule has 1 aliphatic heterocycles. The summed E-state index contributed by atoms with van der Waals surface area (Å²) >= 11 is 0. The maximum absolute atomic E-state index is 12.9. The second-order valence-corrected chi connectivity index (χ2v) is 9.02. The van der Waals surface area contributed by atoms with Gasteiger partial charge in [-0.2, -0.15) is 0 Å². The third-order valence-corrected chi connectivity index (χ3v) is 7.25. The fourth-order valence-corrected chi connectivity index (χ4v) is 5.06. The SMILES string of the molecule is CCOc1ccc(NC(=O)N2CCC(S(=O)(=O)c3ccc(OC)cc3)CC2)cc1. The van der Waals surface area contributed by atoms with E-state index in [1.165, 1.54) is 7.11 Å². The van der Waals surface area contributed by atoms with Gasteiger partial charge in [-0.05, 0) is 68.3 Å². The first-order chi connectivity index (χ1) is 13.9. The van der Waals surface area contributed by atoms with Crippen LogP contribution in [-0.2, 0) is 9.84 Å². The van der Waals surface area contributed by atoms with Gasteiger partial charge in [0.1, 0.15) is 11.5 Å². The Morgan fingerprint density at radius 3 is 2.17 bits per heavy atom. The van der Waals surface area contributed by atoms with E-state index in [9.17, 15) is 13.2 Å². The molecular weight excluding hydrogens is 392 g/mol. The van der Waals surface area contributed by atoms with E-state index in [1.54, 1.807) is 53.4 Å². The van der Waals surface area contributed by atoms with E-state index < -0.39 is 15.1 Å². The van der Waals surface area contributed by atoms with E-state index in [-0.39, 0.29) is 10.9 Å². The van der Waals surface area contributed by atoms with Crippen LogP contribution in [0.3, 0.4) is 0 Å². The highest BCUT2D eigenvalue weighted by Crippen LogP contribution is 2.26. The molecule has 0 aliphatic carbocycles.